The predicted molar refractivity (Wildman–Crippen MR) is 185 cm³/mol. The average molecular weight is 727 g/mol. The van der Waals surface area contributed by atoms with E-state index in [1.54, 1.807) is 0 Å². The van der Waals surface area contributed by atoms with Gasteiger partial charge in [-0.3, -0.25) is 4.79 Å². The van der Waals surface area contributed by atoms with Crippen LogP contribution in [0.15, 0.2) is 48.5 Å². The number of fused-ring (bicyclic) bond motifs is 1. The standard InChI is InChI=1S/C39H51F5O5S/c1-27(45)48-35-19-14-30-25-33(28-12-17-32(18-13-28)49-36-9-4-6-22-47-36)34(26-37(30,35)2)29-10-15-31(16-11-29)46-21-5-3-7-23-50-24-8-20-38(40,41)39(42,43)44/h10-13,15-18,30,33-36H,3-9,14,19-26H2,1-2H3/t30-,33-,34+,35-,36?,37-/m0/s1. The van der Waals surface area contributed by atoms with Crippen LogP contribution in [0.4, 0.5) is 22.0 Å². The first-order valence-electron chi connectivity index (χ1n) is 18.2. The van der Waals surface area contributed by atoms with Crippen molar-refractivity contribution < 1.29 is 45.7 Å². The van der Waals surface area contributed by atoms with E-state index in [-0.39, 0.29) is 41.9 Å². The van der Waals surface area contributed by atoms with Crippen LogP contribution in [0, 0.1) is 11.3 Å². The molecule has 2 aromatic carbocycles. The van der Waals surface area contributed by atoms with Crippen LogP contribution in [-0.4, -0.2) is 55.2 Å². The van der Waals surface area contributed by atoms with Gasteiger partial charge in [0.1, 0.15) is 17.6 Å². The number of unbranched alkanes of at least 4 members (excludes halogenated alkanes) is 2. The molecule has 0 radical (unpaired) electrons. The van der Waals surface area contributed by atoms with Crippen molar-refractivity contribution in [2.75, 3.05) is 24.7 Å². The normalized spacial score (nSPS) is 27.1. The maximum Gasteiger partial charge on any atom is 0.453 e. The Labute approximate surface area is 297 Å². The van der Waals surface area contributed by atoms with Gasteiger partial charge in [0.25, 0.3) is 0 Å². The Morgan fingerprint density at radius 2 is 1.54 bits per heavy atom. The van der Waals surface area contributed by atoms with Crippen molar-refractivity contribution in [2.24, 2.45) is 11.3 Å². The lowest BCUT2D eigenvalue weighted by Gasteiger charge is -2.47. The van der Waals surface area contributed by atoms with Crippen LogP contribution in [0.1, 0.15) is 114 Å². The molecule has 1 unspecified atom stereocenters. The van der Waals surface area contributed by atoms with Crippen molar-refractivity contribution >= 4 is 17.7 Å². The molecule has 2 aliphatic carbocycles. The Kier molecular flexibility index (Phi) is 13.4. The van der Waals surface area contributed by atoms with Gasteiger partial charge >= 0.3 is 18.1 Å². The van der Waals surface area contributed by atoms with Gasteiger partial charge in [0.15, 0.2) is 6.29 Å². The lowest BCUT2D eigenvalue weighted by molar-refractivity contribution is -0.284. The van der Waals surface area contributed by atoms with Crippen molar-refractivity contribution in [3.63, 3.8) is 0 Å². The first kappa shape index (κ1) is 38.7. The number of rotatable bonds is 16. The van der Waals surface area contributed by atoms with E-state index in [9.17, 15) is 26.7 Å². The van der Waals surface area contributed by atoms with E-state index >= 15 is 0 Å². The fourth-order valence-electron chi connectivity index (χ4n) is 8.03. The fraction of sp³-hybridized carbons (Fsp3) is 0.667. The van der Waals surface area contributed by atoms with Crippen LogP contribution >= 0.6 is 11.8 Å². The largest absolute Gasteiger partial charge is 0.494 e. The zero-order chi connectivity index (χ0) is 35.8. The van der Waals surface area contributed by atoms with Gasteiger partial charge in [-0.2, -0.15) is 33.7 Å². The molecule has 2 saturated carbocycles. The molecule has 0 aromatic heterocycles. The van der Waals surface area contributed by atoms with Crippen LogP contribution < -0.4 is 9.47 Å². The van der Waals surface area contributed by atoms with E-state index in [2.05, 4.69) is 43.3 Å². The van der Waals surface area contributed by atoms with Gasteiger partial charge in [0.2, 0.25) is 0 Å². The molecule has 50 heavy (non-hydrogen) atoms. The number of alkyl halides is 5. The van der Waals surface area contributed by atoms with Crippen LogP contribution in [-0.2, 0) is 14.3 Å². The smallest absolute Gasteiger partial charge is 0.453 e. The number of benzene rings is 2. The van der Waals surface area contributed by atoms with Crippen molar-refractivity contribution in [2.45, 2.75) is 127 Å². The Bertz CT molecular complexity index is 1350. The van der Waals surface area contributed by atoms with Crippen molar-refractivity contribution in [1.82, 2.24) is 0 Å². The van der Waals surface area contributed by atoms with E-state index in [4.69, 9.17) is 18.9 Å². The van der Waals surface area contributed by atoms with Gasteiger partial charge in [0.05, 0.1) is 13.2 Å². The van der Waals surface area contributed by atoms with Crippen molar-refractivity contribution in [3.8, 4) is 11.5 Å². The third-order valence-electron chi connectivity index (χ3n) is 10.9. The first-order chi connectivity index (χ1) is 23.9. The average Bonchev–Trinajstić information content (AvgIpc) is 3.39. The molecule has 11 heteroatoms. The van der Waals surface area contributed by atoms with Gasteiger partial charge in [-0.15, -0.1) is 0 Å². The number of carbonyl (C=O) groups excluding carboxylic acids is 1. The van der Waals surface area contributed by atoms with Crippen LogP contribution in [0.3, 0.4) is 0 Å². The maximum atomic E-state index is 13.0. The van der Waals surface area contributed by atoms with E-state index < -0.39 is 18.5 Å². The maximum absolute atomic E-state index is 13.0. The third-order valence-corrected chi connectivity index (χ3v) is 12.0. The van der Waals surface area contributed by atoms with E-state index in [0.717, 1.165) is 88.1 Å². The van der Waals surface area contributed by atoms with Gasteiger partial charge in [-0.05, 0) is 129 Å². The van der Waals surface area contributed by atoms with Crippen LogP contribution in [0.25, 0.3) is 0 Å². The number of hydrogen-bond acceptors (Lipinski definition) is 6. The molecule has 5 rings (SSSR count). The molecule has 1 saturated heterocycles. The fourth-order valence-corrected chi connectivity index (χ4v) is 8.99. The molecule has 6 atom stereocenters. The summed E-state index contributed by atoms with van der Waals surface area (Å²) < 4.78 is 86.6. The van der Waals surface area contributed by atoms with E-state index in [1.165, 1.54) is 29.8 Å². The number of carbonyl (C=O) groups is 1. The second kappa shape index (κ2) is 17.3. The van der Waals surface area contributed by atoms with Crippen molar-refractivity contribution in [1.29, 1.82) is 0 Å². The number of thioether (sulfide) groups is 1. The zero-order valence-electron chi connectivity index (χ0n) is 29.2. The second-order valence-corrected chi connectivity index (χ2v) is 15.6. The van der Waals surface area contributed by atoms with E-state index in [0.29, 0.717) is 18.4 Å². The predicted octanol–water partition coefficient (Wildman–Crippen LogP) is 10.9. The number of halogens is 5. The zero-order valence-corrected chi connectivity index (χ0v) is 30.0. The molecule has 0 amide bonds. The molecule has 1 aliphatic heterocycles. The summed E-state index contributed by atoms with van der Waals surface area (Å²) >= 11 is 1.41. The highest BCUT2D eigenvalue weighted by Gasteiger charge is 2.56. The Balaban J connectivity index is 1.14. The molecular formula is C39H51F5O5S. The number of hydrogen-bond donors (Lipinski definition) is 0. The van der Waals surface area contributed by atoms with Gasteiger partial charge in [-0.1, -0.05) is 31.2 Å². The quantitative estimate of drug-likeness (QED) is 0.0975. The molecule has 0 N–H and O–H groups in total. The summed E-state index contributed by atoms with van der Waals surface area (Å²) in [6.07, 6.45) is 2.44. The summed E-state index contributed by atoms with van der Waals surface area (Å²) in [6, 6.07) is 16.9. The molecular weight excluding hydrogens is 675 g/mol. The molecule has 0 bridgehead atoms. The van der Waals surface area contributed by atoms with Crippen LogP contribution in [0.2, 0.25) is 0 Å². The first-order valence-corrected chi connectivity index (χ1v) is 19.3. The molecule has 3 fully saturated rings. The highest BCUT2D eigenvalue weighted by molar-refractivity contribution is 7.99. The molecule has 3 aliphatic rings. The Morgan fingerprint density at radius 1 is 0.860 bits per heavy atom. The SMILES string of the molecule is CC(=O)O[C@H]1CC[C@H]2C[C@@H](c3ccc(OC4CCCCO4)cc3)[C@@H](c3ccc(OCCCCCSCCCC(F)(F)C(F)(F)F)cc3)C[C@@]21C. The highest BCUT2D eigenvalue weighted by atomic mass is 32.2. The number of esters is 1. The van der Waals surface area contributed by atoms with Gasteiger partial charge < -0.3 is 18.9 Å². The molecule has 278 valence electrons. The van der Waals surface area contributed by atoms with E-state index in [1.807, 2.05) is 12.1 Å². The molecule has 2 aromatic rings. The lowest BCUT2D eigenvalue weighted by atomic mass is 9.58. The monoisotopic (exact) mass is 726 g/mol. The summed E-state index contributed by atoms with van der Waals surface area (Å²) in [4.78, 5) is 12.0. The summed E-state index contributed by atoms with van der Waals surface area (Å²) in [5, 5.41) is 0. The van der Waals surface area contributed by atoms with Crippen molar-refractivity contribution in [3.05, 3.63) is 59.7 Å². The topological polar surface area (TPSA) is 54.0 Å². The summed E-state index contributed by atoms with van der Waals surface area (Å²) in [7, 11) is 0. The summed E-state index contributed by atoms with van der Waals surface area (Å²) in [6.45, 7) is 5.07. The number of ether oxygens (including phenoxy) is 4. The third kappa shape index (κ3) is 10.1. The molecule has 5 nitrogen and oxygen atoms in total. The second-order valence-electron chi connectivity index (χ2n) is 14.4. The Hall–Kier alpha value is -2.53. The summed E-state index contributed by atoms with van der Waals surface area (Å²) in [5.41, 5.74) is 2.41. The molecule has 0 spiro atoms. The van der Waals surface area contributed by atoms with Gasteiger partial charge in [0, 0.05) is 25.2 Å². The highest BCUT2D eigenvalue weighted by Crippen LogP contribution is 2.61. The van der Waals surface area contributed by atoms with Crippen LogP contribution in [0.5, 0.6) is 11.5 Å². The van der Waals surface area contributed by atoms with Gasteiger partial charge in [-0.25, -0.2) is 0 Å². The minimum atomic E-state index is -5.48. The Morgan fingerprint density at radius 3 is 2.20 bits per heavy atom. The minimum absolute atomic E-state index is 0.0835. The summed E-state index contributed by atoms with van der Waals surface area (Å²) in [5.74, 6) is -1.23. The molecule has 1 heterocycles. The lowest BCUT2D eigenvalue weighted by Crippen LogP contribution is -2.42. The minimum Gasteiger partial charge on any atom is -0.494 e.